The standard InChI is InChI=1S/C17H23N5O4S3/c1-5-11(13-6-10(7-26-13)9(2)3)19-15-16(22-28-21-15)20-12-8-27-17(14(12)23)29(24,25)18-4/h6-9,11,18,23H,5H2,1-4H3,(H,19,21)(H,20,22)/t11-/m1/s1. The lowest BCUT2D eigenvalue weighted by molar-refractivity contribution is 0.466. The Morgan fingerprint density at radius 1 is 1.28 bits per heavy atom. The van der Waals surface area contributed by atoms with Gasteiger partial charge in [-0.05, 0) is 31.0 Å². The molecule has 0 fully saturated rings. The molecule has 29 heavy (non-hydrogen) atoms. The summed E-state index contributed by atoms with van der Waals surface area (Å²) in [7, 11) is -2.45. The van der Waals surface area contributed by atoms with Crippen LogP contribution in [0.15, 0.2) is 26.3 Å². The molecule has 3 aromatic heterocycles. The molecular formula is C17H23N5O4S3. The molecule has 12 heteroatoms. The predicted molar refractivity (Wildman–Crippen MR) is 115 cm³/mol. The molecule has 3 aromatic rings. The fourth-order valence-corrected chi connectivity index (χ4v) is 5.14. The molecule has 0 aromatic carbocycles. The quantitative estimate of drug-likeness (QED) is 0.375. The highest BCUT2D eigenvalue weighted by Crippen LogP contribution is 2.40. The molecule has 0 spiro atoms. The molecule has 158 valence electrons. The van der Waals surface area contributed by atoms with E-state index in [9.17, 15) is 13.5 Å². The smallest absolute Gasteiger partial charge is 0.253 e. The molecule has 1 atom stereocenters. The summed E-state index contributed by atoms with van der Waals surface area (Å²) in [5, 5.41) is 18.1. The minimum absolute atomic E-state index is 0.108. The number of aromatic hydroxyl groups is 1. The molecular weight excluding hydrogens is 434 g/mol. The summed E-state index contributed by atoms with van der Waals surface area (Å²) in [5.41, 5.74) is 1.36. The van der Waals surface area contributed by atoms with Gasteiger partial charge in [-0.25, -0.2) is 13.1 Å². The van der Waals surface area contributed by atoms with Gasteiger partial charge in [0.2, 0.25) is 0 Å². The Labute approximate surface area is 177 Å². The van der Waals surface area contributed by atoms with Crippen molar-refractivity contribution in [2.24, 2.45) is 0 Å². The molecule has 0 radical (unpaired) electrons. The van der Waals surface area contributed by atoms with E-state index in [1.165, 1.54) is 12.4 Å². The van der Waals surface area contributed by atoms with Crippen molar-refractivity contribution in [2.45, 2.75) is 43.4 Å². The molecule has 9 nitrogen and oxygen atoms in total. The third kappa shape index (κ3) is 4.55. The maximum absolute atomic E-state index is 12.0. The summed E-state index contributed by atoms with van der Waals surface area (Å²) in [4.78, 5) is 0. The zero-order valence-corrected chi connectivity index (χ0v) is 18.8. The van der Waals surface area contributed by atoms with E-state index in [0.29, 0.717) is 17.6 Å². The van der Waals surface area contributed by atoms with Crippen LogP contribution in [0.2, 0.25) is 0 Å². The summed E-state index contributed by atoms with van der Waals surface area (Å²) < 4.78 is 40.2. The lowest BCUT2D eigenvalue weighted by Gasteiger charge is -2.15. The van der Waals surface area contributed by atoms with Crippen molar-refractivity contribution in [2.75, 3.05) is 17.7 Å². The number of sulfonamides is 1. The van der Waals surface area contributed by atoms with Gasteiger partial charge in [-0.3, -0.25) is 0 Å². The fourth-order valence-electron chi connectivity index (χ4n) is 2.59. The summed E-state index contributed by atoms with van der Waals surface area (Å²) in [5.74, 6) is 1.70. The summed E-state index contributed by atoms with van der Waals surface area (Å²) in [6, 6.07) is 1.92. The van der Waals surface area contributed by atoms with E-state index in [0.717, 1.165) is 40.8 Å². The number of hydrogen-bond donors (Lipinski definition) is 4. The van der Waals surface area contributed by atoms with Crippen molar-refractivity contribution in [3.05, 3.63) is 29.0 Å². The highest BCUT2D eigenvalue weighted by Gasteiger charge is 2.24. The number of rotatable bonds is 9. The van der Waals surface area contributed by atoms with Crippen LogP contribution in [0.25, 0.3) is 0 Å². The molecule has 3 heterocycles. The summed E-state index contributed by atoms with van der Waals surface area (Å²) in [6.45, 7) is 6.23. The van der Waals surface area contributed by atoms with Gasteiger partial charge in [0.05, 0.1) is 29.7 Å². The molecule has 0 saturated heterocycles. The van der Waals surface area contributed by atoms with E-state index in [1.54, 1.807) is 6.26 Å². The van der Waals surface area contributed by atoms with Gasteiger partial charge in [-0.1, -0.05) is 20.8 Å². The zero-order valence-electron chi connectivity index (χ0n) is 16.4. The second-order valence-corrected chi connectivity index (χ2v) is 10.1. The fraction of sp³-hybridized carbons (Fsp3) is 0.412. The van der Waals surface area contributed by atoms with Crippen LogP contribution < -0.4 is 15.4 Å². The highest BCUT2D eigenvalue weighted by molar-refractivity contribution is 7.91. The van der Waals surface area contributed by atoms with Gasteiger partial charge in [0.15, 0.2) is 21.6 Å². The van der Waals surface area contributed by atoms with Gasteiger partial charge < -0.3 is 20.2 Å². The first-order valence-corrected chi connectivity index (χ1v) is 12.0. The number of hydrogen-bond acceptors (Lipinski definition) is 10. The molecule has 0 unspecified atom stereocenters. The SMILES string of the molecule is CC[C@@H](Nc1nsnc1Nc1csc(S(=O)(=O)NC)c1O)c1cc(C(C)C)co1. The maximum atomic E-state index is 12.0. The van der Waals surface area contributed by atoms with E-state index in [2.05, 4.69) is 38.0 Å². The van der Waals surface area contributed by atoms with Crippen molar-refractivity contribution in [3.8, 4) is 5.75 Å². The zero-order chi connectivity index (χ0) is 21.2. The van der Waals surface area contributed by atoms with E-state index < -0.39 is 10.0 Å². The van der Waals surface area contributed by atoms with Crippen LogP contribution in [-0.4, -0.2) is 29.3 Å². The number of aromatic nitrogens is 2. The molecule has 0 saturated carbocycles. The van der Waals surface area contributed by atoms with Crippen molar-refractivity contribution in [1.82, 2.24) is 13.5 Å². The average molecular weight is 458 g/mol. The number of thiophene rings is 1. The summed E-state index contributed by atoms with van der Waals surface area (Å²) >= 11 is 1.91. The number of nitrogens with zero attached hydrogens (tertiary/aromatic N) is 2. The first-order chi connectivity index (χ1) is 13.8. The van der Waals surface area contributed by atoms with Crippen LogP contribution in [0.3, 0.4) is 0 Å². The van der Waals surface area contributed by atoms with Gasteiger partial charge in [0.25, 0.3) is 10.0 Å². The first-order valence-electron chi connectivity index (χ1n) is 8.95. The lowest BCUT2D eigenvalue weighted by atomic mass is 10.1. The predicted octanol–water partition coefficient (Wildman–Crippen LogP) is 4.24. The average Bonchev–Trinajstić information content (AvgIpc) is 3.41. The Balaban J connectivity index is 1.80. The van der Waals surface area contributed by atoms with Crippen LogP contribution in [-0.2, 0) is 10.0 Å². The molecule has 0 bridgehead atoms. The van der Waals surface area contributed by atoms with Crippen LogP contribution >= 0.6 is 23.1 Å². The van der Waals surface area contributed by atoms with Gasteiger partial charge in [0, 0.05) is 5.38 Å². The largest absolute Gasteiger partial charge is 0.504 e. The summed E-state index contributed by atoms with van der Waals surface area (Å²) in [6.07, 6.45) is 2.52. The van der Waals surface area contributed by atoms with Crippen LogP contribution in [0.4, 0.5) is 17.3 Å². The number of nitrogens with one attached hydrogen (secondary N) is 3. The van der Waals surface area contributed by atoms with Gasteiger partial charge >= 0.3 is 0 Å². The van der Waals surface area contributed by atoms with Crippen LogP contribution in [0.5, 0.6) is 5.75 Å². The Morgan fingerprint density at radius 3 is 2.62 bits per heavy atom. The van der Waals surface area contributed by atoms with Crippen LogP contribution in [0, 0.1) is 0 Å². The normalized spacial score (nSPS) is 13.0. The van der Waals surface area contributed by atoms with Crippen molar-refractivity contribution in [3.63, 3.8) is 0 Å². The molecule has 0 aliphatic carbocycles. The van der Waals surface area contributed by atoms with Crippen molar-refractivity contribution >= 4 is 50.4 Å². The molecule has 3 rings (SSSR count). The molecule has 0 amide bonds. The number of furan rings is 1. The Bertz CT molecular complexity index is 1070. The van der Waals surface area contributed by atoms with Crippen LogP contribution in [0.1, 0.15) is 50.5 Å². The van der Waals surface area contributed by atoms with E-state index in [1.807, 2.05) is 13.0 Å². The van der Waals surface area contributed by atoms with Gasteiger partial charge in [0.1, 0.15) is 5.76 Å². The second kappa shape index (κ2) is 8.69. The molecule has 0 aliphatic heterocycles. The van der Waals surface area contributed by atoms with E-state index in [-0.39, 0.29) is 21.7 Å². The second-order valence-electron chi connectivity index (χ2n) is 6.62. The maximum Gasteiger partial charge on any atom is 0.253 e. The monoisotopic (exact) mass is 457 g/mol. The molecule has 0 aliphatic rings. The van der Waals surface area contributed by atoms with E-state index in [4.69, 9.17) is 4.42 Å². The first kappa shape index (κ1) is 21.6. The minimum atomic E-state index is -3.74. The third-order valence-corrected chi connectivity index (χ3v) is 7.81. The Hall–Kier alpha value is -2.15. The van der Waals surface area contributed by atoms with Crippen molar-refractivity contribution < 1.29 is 17.9 Å². The van der Waals surface area contributed by atoms with Gasteiger partial charge in [-0.2, -0.15) is 8.75 Å². The minimum Gasteiger partial charge on any atom is -0.504 e. The Morgan fingerprint density at radius 2 is 2.00 bits per heavy atom. The highest BCUT2D eigenvalue weighted by atomic mass is 32.2. The van der Waals surface area contributed by atoms with E-state index >= 15 is 0 Å². The lowest BCUT2D eigenvalue weighted by Crippen LogP contribution is -2.17. The van der Waals surface area contributed by atoms with Crippen molar-refractivity contribution in [1.29, 1.82) is 0 Å². The third-order valence-electron chi connectivity index (χ3n) is 4.36. The molecule has 4 N–H and O–H groups in total. The Kier molecular flexibility index (Phi) is 6.46. The number of anilines is 3. The topological polar surface area (TPSA) is 129 Å². The van der Waals surface area contributed by atoms with Gasteiger partial charge in [-0.15, -0.1) is 11.3 Å².